The first-order valence-corrected chi connectivity index (χ1v) is 4.87. The fourth-order valence-corrected chi connectivity index (χ4v) is 1.38. The number of pyridine rings is 1. The van der Waals surface area contributed by atoms with E-state index in [2.05, 4.69) is 21.5 Å². The van der Waals surface area contributed by atoms with E-state index in [4.69, 9.17) is 5.26 Å². The average molecular weight is 213 g/mol. The van der Waals surface area contributed by atoms with Crippen molar-refractivity contribution in [2.75, 3.05) is 5.32 Å². The third-order valence-corrected chi connectivity index (χ3v) is 2.17. The van der Waals surface area contributed by atoms with E-state index >= 15 is 0 Å². The van der Waals surface area contributed by atoms with Gasteiger partial charge in [0.1, 0.15) is 17.6 Å². The van der Waals surface area contributed by atoms with Gasteiger partial charge in [0, 0.05) is 37.6 Å². The Morgan fingerprint density at radius 2 is 2.38 bits per heavy atom. The molecule has 0 saturated heterocycles. The lowest BCUT2D eigenvalue weighted by Crippen LogP contribution is -2.03. The van der Waals surface area contributed by atoms with Gasteiger partial charge in [-0.15, -0.1) is 0 Å². The summed E-state index contributed by atoms with van der Waals surface area (Å²) in [6.07, 6.45) is 3.47. The minimum absolute atomic E-state index is 0.450. The van der Waals surface area contributed by atoms with Crippen LogP contribution >= 0.6 is 0 Å². The maximum Gasteiger partial charge on any atom is 0.148 e. The van der Waals surface area contributed by atoms with Crippen LogP contribution in [0.2, 0.25) is 0 Å². The van der Waals surface area contributed by atoms with Gasteiger partial charge in [0.15, 0.2) is 0 Å². The molecule has 0 aliphatic rings. The summed E-state index contributed by atoms with van der Waals surface area (Å²) in [5.74, 6) is 0.787. The molecule has 0 saturated carbocycles. The van der Waals surface area contributed by atoms with Crippen LogP contribution in [0.25, 0.3) is 0 Å². The normalized spacial score (nSPS) is 9.75. The predicted octanol–water partition coefficient (Wildman–Crippen LogP) is 1.30. The summed E-state index contributed by atoms with van der Waals surface area (Å²) < 4.78 is 1.72. The van der Waals surface area contributed by atoms with E-state index in [1.165, 1.54) is 0 Å². The van der Waals surface area contributed by atoms with E-state index in [1.54, 1.807) is 10.9 Å². The number of aryl methyl sites for hydroxylation is 1. The number of nitrogens with zero attached hydrogens (tertiary/aromatic N) is 4. The van der Waals surface area contributed by atoms with Crippen molar-refractivity contribution >= 4 is 5.82 Å². The molecule has 2 aromatic rings. The topological polar surface area (TPSA) is 66.5 Å². The van der Waals surface area contributed by atoms with Gasteiger partial charge in [-0.2, -0.15) is 10.4 Å². The summed E-state index contributed by atoms with van der Waals surface area (Å²) in [4.78, 5) is 3.99. The Labute approximate surface area is 93.4 Å². The summed E-state index contributed by atoms with van der Waals surface area (Å²) in [7, 11) is 1.86. The smallest absolute Gasteiger partial charge is 0.148 e. The monoisotopic (exact) mass is 213 g/mol. The number of anilines is 1. The molecule has 0 spiro atoms. The molecular formula is C11H11N5. The second-order valence-corrected chi connectivity index (χ2v) is 3.35. The lowest BCUT2D eigenvalue weighted by Gasteiger charge is -2.03. The molecule has 5 nitrogen and oxygen atoms in total. The zero-order valence-corrected chi connectivity index (χ0v) is 8.88. The molecule has 80 valence electrons. The first kappa shape index (κ1) is 10.2. The fraction of sp³-hybridized carbons (Fsp3) is 0.182. The van der Waals surface area contributed by atoms with Crippen molar-refractivity contribution in [2.45, 2.75) is 6.54 Å². The predicted molar refractivity (Wildman–Crippen MR) is 59.5 cm³/mol. The van der Waals surface area contributed by atoms with E-state index in [1.807, 2.05) is 31.4 Å². The number of rotatable bonds is 3. The van der Waals surface area contributed by atoms with E-state index in [9.17, 15) is 0 Å². The fourth-order valence-electron chi connectivity index (χ4n) is 1.38. The lowest BCUT2D eigenvalue weighted by molar-refractivity contribution is 0.768. The van der Waals surface area contributed by atoms with Crippen molar-refractivity contribution in [1.82, 2.24) is 14.8 Å². The number of hydrogen-bond acceptors (Lipinski definition) is 4. The van der Waals surface area contributed by atoms with Gasteiger partial charge in [-0.05, 0) is 6.07 Å². The van der Waals surface area contributed by atoms with Gasteiger partial charge in [0.05, 0.1) is 0 Å². The average Bonchev–Trinajstić information content (AvgIpc) is 2.73. The van der Waals surface area contributed by atoms with Crippen LogP contribution in [0, 0.1) is 11.3 Å². The molecule has 2 rings (SSSR count). The van der Waals surface area contributed by atoms with E-state index < -0.39 is 0 Å². The third kappa shape index (κ3) is 2.17. The molecule has 0 amide bonds. The number of nitriles is 1. The van der Waals surface area contributed by atoms with Crippen molar-refractivity contribution in [3.05, 3.63) is 41.9 Å². The molecule has 1 N–H and O–H groups in total. The van der Waals surface area contributed by atoms with E-state index in [-0.39, 0.29) is 0 Å². The standard InChI is InChI=1S/C11H11N5/c1-16-6-4-11(15-16)14-8-9-3-2-5-13-10(9)7-12/h2-6H,8H2,1H3,(H,14,15). The van der Waals surface area contributed by atoms with Crippen LogP contribution in [-0.2, 0) is 13.6 Å². The van der Waals surface area contributed by atoms with Crippen LogP contribution in [0.4, 0.5) is 5.82 Å². The Kier molecular flexibility index (Phi) is 2.83. The Morgan fingerprint density at radius 1 is 1.50 bits per heavy atom. The Bertz CT molecular complexity index is 523. The highest BCUT2D eigenvalue weighted by atomic mass is 15.3. The molecule has 0 radical (unpaired) electrons. The molecule has 0 unspecified atom stereocenters. The van der Waals surface area contributed by atoms with Gasteiger partial charge in [0.25, 0.3) is 0 Å². The highest BCUT2D eigenvalue weighted by Crippen LogP contribution is 2.08. The van der Waals surface area contributed by atoms with Gasteiger partial charge in [-0.3, -0.25) is 4.68 Å². The summed E-state index contributed by atoms with van der Waals surface area (Å²) in [6.45, 7) is 0.549. The molecule has 2 aromatic heterocycles. The molecule has 0 fully saturated rings. The molecular weight excluding hydrogens is 202 g/mol. The minimum Gasteiger partial charge on any atom is -0.364 e. The number of nitrogens with one attached hydrogen (secondary N) is 1. The Hall–Kier alpha value is -2.35. The SMILES string of the molecule is Cn1ccc(NCc2cccnc2C#N)n1. The number of aromatic nitrogens is 3. The molecule has 5 heteroatoms. The van der Waals surface area contributed by atoms with E-state index in [0.717, 1.165) is 11.4 Å². The quantitative estimate of drug-likeness (QED) is 0.834. The van der Waals surface area contributed by atoms with Crippen LogP contribution in [0.1, 0.15) is 11.3 Å². The second kappa shape index (κ2) is 4.45. The summed E-state index contributed by atoms with van der Waals surface area (Å²) in [5.41, 5.74) is 1.32. The first-order chi connectivity index (χ1) is 7.79. The van der Waals surface area contributed by atoms with E-state index in [0.29, 0.717) is 12.2 Å². The van der Waals surface area contributed by atoms with Crippen molar-refractivity contribution in [3.63, 3.8) is 0 Å². The highest BCUT2D eigenvalue weighted by molar-refractivity contribution is 5.37. The Morgan fingerprint density at radius 3 is 3.06 bits per heavy atom. The second-order valence-electron chi connectivity index (χ2n) is 3.35. The molecule has 0 aliphatic heterocycles. The van der Waals surface area contributed by atoms with Crippen molar-refractivity contribution < 1.29 is 0 Å². The highest BCUT2D eigenvalue weighted by Gasteiger charge is 2.02. The van der Waals surface area contributed by atoms with Crippen LogP contribution in [-0.4, -0.2) is 14.8 Å². The zero-order valence-electron chi connectivity index (χ0n) is 8.88. The number of hydrogen-bond donors (Lipinski definition) is 1. The summed E-state index contributed by atoms with van der Waals surface area (Å²) in [6, 6.07) is 7.63. The van der Waals surface area contributed by atoms with Gasteiger partial charge >= 0.3 is 0 Å². The van der Waals surface area contributed by atoms with Gasteiger partial charge in [-0.1, -0.05) is 6.07 Å². The molecule has 0 aromatic carbocycles. The van der Waals surface area contributed by atoms with Crippen LogP contribution in [0.5, 0.6) is 0 Å². The maximum atomic E-state index is 8.86. The van der Waals surface area contributed by atoms with Gasteiger partial charge in [0.2, 0.25) is 0 Å². The largest absolute Gasteiger partial charge is 0.364 e. The van der Waals surface area contributed by atoms with Crippen molar-refractivity contribution in [1.29, 1.82) is 5.26 Å². The van der Waals surface area contributed by atoms with Crippen LogP contribution < -0.4 is 5.32 Å². The van der Waals surface area contributed by atoms with Gasteiger partial charge in [-0.25, -0.2) is 4.98 Å². The summed E-state index contributed by atoms with van der Waals surface area (Å²) >= 11 is 0. The molecule has 0 bridgehead atoms. The molecule has 0 aliphatic carbocycles. The van der Waals surface area contributed by atoms with Crippen LogP contribution in [0.3, 0.4) is 0 Å². The molecule has 2 heterocycles. The third-order valence-electron chi connectivity index (χ3n) is 2.17. The van der Waals surface area contributed by atoms with Crippen LogP contribution in [0.15, 0.2) is 30.6 Å². The lowest BCUT2D eigenvalue weighted by atomic mass is 10.2. The summed E-state index contributed by atoms with van der Waals surface area (Å²) in [5, 5.41) is 16.2. The first-order valence-electron chi connectivity index (χ1n) is 4.87. The molecule has 16 heavy (non-hydrogen) atoms. The van der Waals surface area contributed by atoms with Crippen molar-refractivity contribution in [2.24, 2.45) is 7.05 Å². The maximum absolute atomic E-state index is 8.86. The Balaban J connectivity index is 2.08. The van der Waals surface area contributed by atoms with Crippen molar-refractivity contribution in [3.8, 4) is 6.07 Å². The zero-order chi connectivity index (χ0) is 11.4. The van der Waals surface area contributed by atoms with Gasteiger partial charge < -0.3 is 5.32 Å². The molecule has 0 atom stereocenters. The minimum atomic E-state index is 0.450.